The van der Waals surface area contributed by atoms with Gasteiger partial charge in [0, 0.05) is 32.7 Å². The van der Waals surface area contributed by atoms with Crippen molar-refractivity contribution >= 4 is 22.9 Å². The van der Waals surface area contributed by atoms with Gasteiger partial charge in [0.25, 0.3) is 0 Å². The molecule has 140 valence electrons. The number of nitrogens with zero attached hydrogens (tertiary/aromatic N) is 2. The highest BCUT2D eigenvalue weighted by atomic mass is 32.1. The van der Waals surface area contributed by atoms with Gasteiger partial charge >= 0.3 is 6.61 Å². The predicted octanol–water partition coefficient (Wildman–Crippen LogP) is 3.11. The second-order valence-electron chi connectivity index (χ2n) is 6.11. The molecule has 26 heavy (non-hydrogen) atoms. The fraction of sp³-hybridized carbons (Fsp3) is 0.389. The number of piperazine rings is 1. The van der Waals surface area contributed by atoms with Crippen LogP contribution in [0.1, 0.15) is 5.56 Å². The lowest BCUT2D eigenvalue weighted by Gasteiger charge is -2.34. The number of halogens is 2. The summed E-state index contributed by atoms with van der Waals surface area (Å²) in [7, 11) is 0. The highest BCUT2D eigenvalue weighted by Crippen LogP contribution is 2.25. The second kappa shape index (κ2) is 9.07. The second-order valence-corrected chi connectivity index (χ2v) is 6.89. The summed E-state index contributed by atoms with van der Waals surface area (Å²) >= 11 is 1.70. The Bertz CT molecular complexity index is 704. The Kier molecular flexibility index (Phi) is 6.54. The molecule has 1 saturated heterocycles. The van der Waals surface area contributed by atoms with Gasteiger partial charge in [-0.2, -0.15) is 20.1 Å². The third kappa shape index (κ3) is 5.48. The molecule has 1 N–H and O–H groups in total. The van der Waals surface area contributed by atoms with E-state index in [2.05, 4.69) is 36.7 Å². The van der Waals surface area contributed by atoms with Gasteiger partial charge < -0.3 is 10.1 Å². The number of alkyl halides is 2. The lowest BCUT2D eigenvalue weighted by molar-refractivity contribution is -0.117. The number of carbonyl (C=O) groups is 1. The maximum absolute atomic E-state index is 12.4. The van der Waals surface area contributed by atoms with Crippen LogP contribution in [0.3, 0.4) is 0 Å². The minimum atomic E-state index is -2.93. The van der Waals surface area contributed by atoms with Crippen LogP contribution in [-0.4, -0.2) is 55.0 Å². The Morgan fingerprint density at radius 3 is 2.58 bits per heavy atom. The topological polar surface area (TPSA) is 44.8 Å². The molecule has 0 radical (unpaired) electrons. The van der Waals surface area contributed by atoms with E-state index >= 15 is 0 Å². The lowest BCUT2D eigenvalue weighted by atomic mass is 10.2. The molecule has 1 amide bonds. The fourth-order valence-electron chi connectivity index (χ4n) is 2.91. The number of benzene rings is 1. The van der Waals surface area contributed by atoms with Crippen molar-refractivity contribution in [2.45, 2.75) is 13.2 Å². The standard InChI is InChI=1S/C18H21F2N3O2S/c19-18(20)25-16-4-2-1-3-15(16)21-17(24)12-23-8-6-22(7-9-23)11-14-5-10-26-13-14/h1-5,10,13,18H,6-9,11-12H2,(H,21,24). The molecule has 0 unspecified atom stereocenters. The summed E-state index contributed by atoms with van der Waals surface area (Å²) in [6.07, 6.45) is 0. The highest BCUT2D eigenvalue weighted by molar-refractivity contribution is 7.07. The summed E-state index contributed by atoms with van der Waals surface area (Å²) in [5, 5.41) is 6.89. The fourth-order valence-corrected chi connectivity index (χ4v) is 3.57. The molecule has 3 rings (SSSR count). The largest absolute Gasteiger partial charge is 0.433 e. The van der Waals surface area contributed by atoms with Crippen LogP contribution in [0.15, 0.2) is 41.1 Å². The van der Waals surface area contributed by atoms with Gasteiger partial charge in [0.05, 0.1) is 12.2 Å². The minimum Gasteiger partial charge on any atom is -0.433 e. The molecule has 2 aromatic rings. The number of amides is 1. The molecular formula is C18H21F2N3O2S. The maximum Gasteiger partial charge on any atom is 0.387 e. The van der Waals surface area contributed by atoms with Crippen molar-refractivity contribution in [2.24, 2.45) is 0 Å². The Morgan fingerprint density at radius 1 is 1.15 bits per heavy atom. The number of anilines is 1. The number of nitrogens with one attached hydrogen (secondary N) is 1. The summed E-state index contributed by atoms with van der Waals surface area (Å²) in [4.78, 5) is 16.7. The normalized spacial score (nSPS) is 16.0. The van der Waals surface area contributed by atoms with Crippen molar-refractivity contribution in [1.29, 1.82) is 0 Å². The lowest BCUT2D eigenvalue weighted by Crippen LogP contribution is -2.48. The van der Waals surface area contributed by atoms with Crippen molar-refractivity contribution in [3.05, 3.63) is 46.7 Å². The van der Waals surface area contributed by atoms with Gasteiger partial charge in [-0.15, -0.1) is 0 Å². The zero-order valence-corrected chi connectivity index (χ0v) is 15.1. The molecule has 0 atom stereocenters. The Morgan fingerprint density at radius 2 is 1.88 bits per heavy atom. The zero-order chi connectivity index (χ0) is 18.4. The van der Waals surface area contributed by atoms with Gasteiger partial charge in [-0.25, -0.2) is 0 Å². The zero-order valence-electron chi connectivity index (χ0n) is 14.2. The van der Waals surface area contributed by atoms with E-state index < -0.39 is 6.61 Å². The van der Waals surface area contributed by atoms with Crippen LogP contribution in [0.5, 0.6) is 5.75 Å². The SMILES string of the molecule is O=C(CN1CCN(Cc2ccsc2)CC1)Nc1ccccc1OC(F)F. The number of thiophene rings is 1. The predicted molar refractivity (Wildman–Crippen MR) is 97.7 cm³/mol. The number of rotatable bonds is 7. The molecule has 1 aliphatic rings. The van der Waals surface area contributed by atoms with Gasteiger partial charge in [-0.3, -0.25) is 14.6 Å². The monoisotopic (exact) mass is 381 g/mol. The summed E-state index contributed by atoms with van der Waals surface area (Å²) in [5.41, 5.74) is 1.57. The first-order valence-electron chi connectivity index (χ1n) is 8.39. The summed E-state index contributed by atoms with van der Waals surface area (Å²) in [5.74, 6) is -0.266. The number of hydrogen-bond acceptors (Lipinski definition) is 5. The van der Waals surface area contributed by atoms with E-state index in [4.69, 9.17) is 0 Å². The molecular weight excluding hydrogens is 360 g/mol. The van der Waals surface area contributed by atoms with Crippen LogP contribution in [0, 0.1) is 0 Å². The van der Waals surface area contributed by atoms with Gasteiger partial charge in [-0.1, -0.05) is 12.1 Å². The van der Waals surface area contributed by atoms with Crippen LogP contribution in [0.2, 0.25) is 0 Å². The van der Waals surface area contributed by atoms with E-state index in [-0.39, 0.29) is 23.9 Å². The molecule has 5 nitrogen and oxygen atoms in total. The first-order chi connectivity index (χ1) is 12.6. The van der Waals surface area contributed by atoms with Crippen LogP contribution in [-0.2, 0) is 11.3 Å². The van der Waals surface area contributed by atoms with E-state index in [0.29, 0.717) is 0 Å². The first kappa shape index (κ1) is 18.8. The number of hydrogen-bond donors (Lipinski definition) is 1. The first-order valence-corrected chi connectivity index (χ1v) is 9.34. The summed E-state index contributed by atoms with van der Waals surface area (Å²) < 4.78 is 29.3. The molecule has 1 aromatic heterocycles. The quantitative estimate of drug-likeness (QED) is 0.801. The van der Waals surface area contributed by atoms with E-state index in [9.17, 15) is 13.6 Å². The summed E-state index contributed by atoms with van der Waals surface area (Å²) in [6.45, 7) is 1.63. The molecule has 2 heterocycles. The Balaban J connectivity index is 1.46. The van der Waals surface area contributed by atoms with E-state index in [1.54, 1.807) is 29.5 Å². The van der Waals surface area contributed by atoms with E-state index in [1.807, 2.05) is 0 Å². The molecule has 1 fully saturated rings. The van der Waals surface area contributed by atoms with Crippen molar-refractivity contribution in [2.75, 3.05) is 38.0 Å². The van der Waals surface area contributed by atoms with Crippen molar-refractivity contribution in [1.82, 2.24) is 9.80 Å². The molecule has 0 bridgehead atoms. The number of carbonyl (C=O) groups excluding carboxylic acids is 1. The molecule has 0 aliphatic carbocycles. The van der Waals surface area contributed by atoms with Crippen LogP contribution in [0.25, 0.3) is 0 Å². The number of ether oxygens (including phenoxy) is 1. The van der Waals surface area contributed by atoms with Crippen molar-refractivity contribution in [3.63, 3.8) is 0 Å². The van der Waals surface area contributed by atoms with Crippen molar-refractivity contribution in [3.8, 4) is 5.75 Å². The third-order valence-electron chi connectivity index (χ3n) is 4.20. The molecule has 1 aromatic carbocycles. The van der Waals surface area contributed by atoms with Gasteiger partial charge in [0.2, 0.25) is 5.91 Å². The van der Waals surface area contributed by atoms with E-state index in [0.717, 1.165) is 32.7 Å². The van der Waals surface area contributed by atoms with E-state index in [1.165, 1.54) is 11.6 Å². The number of para-hydroxylation sites is 2. The van der Waals surface area contributed by atoms with Gasteiger partial charge in [0.1, 0.15) is 5.75 Å². The average Bonchev–Trinajstić information content (AvgIpc) is 3.11. The Labute approximate surface area is 155 Å². The van der Waals surface area contributed by atoms with Crippen LogP contribution >= 0.6 is 11.3 Å². The average molecular weight is 381 g/mol. The third-order valence-corrected chi connectivity index (χ3v) is 4.93. The van der Waals surface area contributed by atoms with Crippen LogP contribution < -0.4 is 10.1 Å². The van der Waals surface area contributed by atoms with Gasteiger partial charge in [0.15, 0.2) is 0 Å². The molecule has 0 spiro atoms. The molecule has 0 saturated carbocycles. The Hall–Kier alpha value is -2.03. The highest BCUT2D eigenvalue weighted by Gasteiger charge is 2.20. The van der Waals surface area contributed by atoms with Crippen LogP contribution in [0.4, 0.5) is 14.5 Å². The van der Waals surface area contributed by atoms with Crippen molar-refractivity contribution < 1.29 is 18.3 Å². The minimum absolute atomic E-state index is 0.0311. The molecule has 8 heteroatoms. The molecule has 1 aliphatic heterocycles. The van der Waals surface area contributed by atoms with Gasteiger partial charge in [-0.05, 0) is 34.5 Å². The summed E-state index contributed by atoms with van der Waals surface area (Å²) in [6, 6.07) is 8.33. The maximum atomic E-state index is 12.4. The smallest absolute Gasteiger partial charge is 0.387 e.